The van der Waals surface area contributed by atoms with E-state index in [4.69, 9.17) is 10.5 Å². The Morgan fingerprint density at radius 3 is 2.75 bits per heavy atom. The van der Waals surface area contributed by atoms with Crippen LogP contribution >= 0.6 is 0 Å². The molecule has 0 radical (unpaired) electrons. The van der Waals surface area contributed by atoms with E-state index in [0.29, 0.717) is 5.95 Å². The molecule has 0 bridgehead atoms. The minimum absolute atomic E-state index is 0.308. The Bertz CT molecular complexity index is 598. The van der Waals surface area contributed by atoms with Crippen molar-refractivity contribution < 1.29 is 4.74 Å². The zero-order valence-corrected chi connectivity index (χ0v) is 12.1. The van der Waals surface area contributed by atoms with Gasteiger partial charge in [-0.2, -0.15) is 0 Å². The number of benzene rings is 1. The molecule has 5 nitrogen and oxygen atoms in total. The number of ether oxygens (including phenoxy) is 1. The van der Waals surface area contributed by atoms with E-state index in [1.807, 2.05) is 14.0 Å². The van der Waals surface area contributed by atoms with Crippen molar-refractivity contribution in [3.63, 3.8) is 0 Å². The fourth-order valence-corrected chi connectivity index (χ4v) is 2.14. The van der Waals surface area contributed by atoms with Crippen LogP contribution in [-0.4, -0.2) is 24.1 Å². The van der Waals surface area contributed by atoms with E-state index in [-0.39, 0.29) is 0 Å². The van der Waals surface area contributed by atoms with Gasteiger partial charge in [0, 0.05) is 24.9 Å². The number of anilines is 1. The number of aromatic nitrogens is 2. The lowest BCUT2D eigenvalue weighted by molar-refractivity contribution is 0.410. The van der Waals surface area contributed by atoms with Crippen LogP contribution < -0.4 is 15.8 Å². The highest BCUT2D eigenvalue weighted by Gasteiger charge is 2.08. The highest BCUT2D eigenvalue weighted by molar-refractivity contribution is 5.41. The van der Waals surface area contributed by atoms with Crippen molar-refractivity contribution in [1.82, 2.24) is 15.3 Å². The van der Waals surface area contributed by atoms with Crippen LogP contribution in [0.25, 0.3) is 0 Å². The Kier molecular flexibility index (Phi) is 4.53. The van der Waals surface area contributed by atoms with Crippen LogP contribution in [0.3, 0.4) is 0 Å². The maximum absolute atomic E-state index is 5.58. The van der Waals surface area contributed by atoms with E-state index < -0.39 is 0 Å². The number of nitrogens with zero attached hydrogens (tertiary/aromatic N) is 2. The molecule has 0 saturated heterocycles. The number of rotatable bonds is 5. The van der Waals surface area contributed by atoms with E-state index in [0.717, 1.165) is 35.5 Å². The molecule has 0 amide bonds. The van der Waals surface area contributed by atoms with Gasteiger partial charge in [0.15, 0.2) is 0 Å². The van der Waals surface area contributed by atoms with Gasteiger partial charge in [0.2, 0.25) is 5.95 Å². The lowest BCUT2D eigenvalue weighted by Crippen LogP contribution is -2.06. The average Bonchev–Trinajstić information content (AvgIpc) is 2.43. The minimum Gasteiger partial charge on any atom is -0.496 e. The second kappa shape index (κ2) is 6.34. The molecule has 20 heavy (non-hydrogen) atoms. The third-order valence-corrected chi connectivity index (χ3v) is 3.21. The fraction of sp³-hybridized carbons (Fsp3) is 0.333. The van der Waals surface area contributed by atoms with Gasteiger partial charge in [-0.15, -0.1) is 0 Å². The summed E-state index contributed by atoms with van der Waals surface area (Å²) in [4.78, 5) is 8.24. The molecule has 0 atom stereocenters. The van der Waals surface area contributed by atoms with Crippen LogP contribution in [0.4, 0.5) is 5.95 Å². The summed E-state index contributed by atoms with van der Waals surface area (Å²) in [5.41, 5.74) is 9.84. The van der Waals surface area contributed by atoms with E-state index in [2.05, 4.69) is 33.5 Å². The molecule has 0 aliphatic carbocycles. The molecular formula is C15H20N4O. The molecular weight excluding hydrogens is 252 g/mol. The fourth-order valence-electron chi connectivity index (χ4n) is 2.14. The molecule has 0 aliphatic rings. The Morgan fingerprint density at radius 2 is 2.10 bits per heavy atom. The summed E-state index contributed by atoms with van der Waals surface area (Å²) in [7, 11) is 3.61. The number of hydrogen-bond donors (Lipinski definition) is 2. The highest BCUT2D eigenvalue weighted by atomic mass is 16.5. The quantitative estimate of drug-likeness (QED) is 0.866. The smallest absolute Gasteiger partial charge is 0.220 e. The van der Waals surface area contributed by atoms with Crippen molar-refractivity contribution in [3.8, 4) is 5.75 Å². The second-order valence-electron chi connectivity index (χ2n) is 4.69. The van der Waals surface area contributed by atoms with E-state index >= 15 is 0 Å². The highest BCUT2D eigenvalue weighted by Crippen LogP contribution is 2.24. The van der Waals surface area contributed by atoms with Gasteiger partial charge < -0.3 is 15.8 Å². The van der Waals surface area contributed by atoms with Gasteiger partial charge in [0.1, 0.15) is 5.75 Å². The van der Waals surface area contributed by atoms with Crippen molar-refractivity contribution in [2.45, 2.75) is 19.9 Å². The standard InChI is InChI=1S/C15H20N4O/c1-10-13(9-18-15(16)19-10)7-12-5-4-11(8-17-2)6-14(12)20-3/h4-6,9,17H,7-8H2,1-3H3,(H2,16,18,19). The van der Waals surface area contributed by atoms with Crippen LogP contribution in [0.5, 0.6) is 5.75 Å². The summed E-state index contributed by atoms with van der Waals surface area (Å²) in [5.74, 6) is 1.19. The van der Waals surface area contributed by atoms with E-state index in [1.165, 1.54) is 5.56 Å². The number of nitrogen functional groups attached to an aromatic ring is 1. The van der Waals surface area contributed by atoms with Crippen molar-refractivity contribution >= 4 is 5.95 Å². The summed E-state index contributed by atoms with van der Waals surface area (Å²) in [6.07, 6.45) is 2.51. The van der Waals surface area contributed by atoms with Gasteiger partial charge in [-0.1, -0.05) is 12.1 Å². The summed E-state index contributed by atoms with van der Waals surface area (Å²) in [5, 5.41) is 3.13. The van der Waals surface area contributed by atoms with Crippen molar-refractivity contribution in [3.05, 3.63) is 46.8 Å². The summed E-state index contributed by atoms with van der Waals surface area (Å²) >= 11 is 0. The second-order valence-corrected chi connectivity index (χ2v) is 4.69. The van der Waals surface area contributed by atoms with Crippen LogP contribution in [-0.2, 0) is 13.0 Å². The third kappa shape index (κ3) is 3.24. The minimum atomic E-state index is 0.308. The van der Waals surface area contributed by atoms with E-state index in [9.17, 15) is 0 Å². The summed E-state index contributed by atoms with van der Waals surface area (Å²) < 4.78 is 5.47. The Labute approximate surface area is 119 Å². The Balaban J connectivity index is 2.28. The van der Waals surface area contributed by atoms with Crippen LogP contribution in [0.1, 0.15) is 22.4 Å². The molecule has 1 aromatic carbocycles. The number of aryl methyl sites for hydroxylation is 1. The van der Waals surface area contributed by atoms with E-state index in [1.54, 1.807) is 13.3 Å². The Hall–Kier alpha value is -2.14. The van der Waals surface area contributed by atoms with Crippen LogP contribution in [0, 0.1) is 6.92 Å². The predicted molar refractivity (Wildman–Crippen MR) is 79.7 cm³/mol. The SMILES string of the molecule is CNCc1ccc(Cc2cnc(N)nc2C)c(OC)c1. The maximum Gasteiger partial charge on any atom is 0.220 e. The molecule has 3 N–H and O–H groups in total. The lowest BCUT2D eigenvalue weighted by atomic mass is 10.0. The predicted octanol–water partition coefficient (Wildman–Crippen LogP) is 1.69. The van der Waals surface area contributed by atoms with Crippen LogP contribution in [0.15, 0.2) is 24.4 Å². The van der Waals surface area contributed by atoms with Gasteiger partial charge in [0.25, 0.3) is 0 Å². The summed E-state index contributed by atoms with van der Waals surface area (Å²) in [6, 6.07) is 6.24. The molecule has 0 fully saturated rings. The topological polar surface area (TPSA) is 73.1 Å². The first kappa shape index (κ1) is 14.3. The maximum atomic E-state index is 5.58. The lowest BCUT2D eigenvalue weighted by Gasteiger charge is -2.12. The van der Waals surface area contributed by atoms with Gasteiger partial charge in [0.05, 0.1) is 7.11 Å². The molecule has 2 rings (SSSR count). The molecule has 5 heteroatoms. The monoisotopic (exact) mass is 272 g/mol. The molecule has 0 saturated carbocycles. The first-order valence-corrected chi connectivity index (χ1v) is 6.52. The van der Waals surface area contributed by atoms with Crippen molar-refractivity contribution in [1.29, 1.82) is 0 Å². The Morgan fingerprint density at radius 1 is 1.30 bits per heavy atom. The van der Waals surface area contributed by atoms with Gasteiger partial charge in [-0.05, 0) is 36.7 Å². The number of hydrogen-bond acceptors (Lipinski definition) is 5. The number of methoxy groups -OCH3 is 1. The van der Waals surface area contributed by atoms with Gasteiger partial charge in [-0.3, -0.25) is 0 Å². The van der Waals surface area contributed by atoms with Crippen LogP contribution in [0.2, 0.25) is 0 Å². The normalized spacial score (nSPS) is 10.6. The average molecular weight is 272 g/mol. The molecule has 106 valence electrons. The summed E-state index contributed by atoms with van der Waals surface area (Å²) in [6.45, 7) is 2.76. The number of nitrogens with two attached hydrogens (primary N) is 1. The van der Waals surface area contributed by atoms with Crippen molar-refractivity contribution in [2.75, 3.05) is 19.9 Å². The molecule has 2 aromatic rings. The zero-order valence-electron chi connectivity index (χ0n) is 12.1. The first-order valence-electron chi connectivity index (χ1n) is 6.52. The van der Waals surface area contributed by atoms with Gasteiger partial charge in [-0.25, -0.2) is 9.97 Å². The molecule has 1 heterocycles. The first-order chi connectivity index (χ1) is 9.63. The number of nitrogens with one attached hydrogen (secondary N) is 1. The third-order valence-electron chi connectivity index (χ3n) is 3.21. The molecule has 0 aliphatic heterocycles. The zero-order chi connectivity index (χ0) is 14.5. The van der Waals surface area contributed by atoms with Gasteiger partial charge >= 0.3 is 0 Å². The molecule has 1 aromatic heterocycles. The molecule has 0 unspecified atom stereocenters. The van der Waals surface area contributed by atoms with Crippen molar-refractivity contribution in [2.24, 2.45) is 0 Å². The largest absolute Gasteiger partial charge is 0.496 e. The molecule has 0 spiro atoms.